The molecule has 290 valence electrons. The van der Waals surface area contributed by atoms with Crippen LogP contribution in [0.1, 0.15) is 86.1 Å². The van der Waals surface area contributed by atoms with Crippen LogP contribution in [0, 0.1) is 51.2 Å². The number of aliphatic imine (C=N–C) groups is 1. The molecule has 0 radical (unpaired) electrons. The Balaban J connectivity index is 1.65. The van der Waals surface area contributed by atoms with Crippen molar-refractivity contribution in [2.45, 2.75) is 105 Å². The number of carbonyl (C=O) groups excluding carboxylic acids is 2. The highest BCUT2D eigenvalue weighted by molar-refractivity contribution is 6.01. The first-order valence-corrected chi connectivity index (χ1v) is 18.9. The molecule has 9 N–H and O–H groups in total. The summed E-state index contributed by atoms with van der Waals surface area (Å²) in [6, 6.07) is 9.72. The number of carboxylic acid groups (broad SMARTS) is 1. The van der Waals surface area contributed by atoms with Crippen molar-refractivity contribution in [3.63, 3.8) is 0 Å². The molecule has 11 heteroatoms. The van der Waals surface area contributed by atoms with Crippen LogP contribution in [-0.2, 0) is 14.4 Å². The number of nitrogens with zero attached hydrogens (tertiary/aromatic N) is 1. The number of Topliss-reactive ketones (excluding diaryl/α,β-unsaturated/α-hetero) is 2. The Morgan fingerprint density at radius 1 is 1.04 bits per heavy atom. The van der Waals surface area contributed by atoms with Crippen molar-refractivity contribution >= 4 is 29.6 Å². The van der Waals surface area contributed by atoms with Crippen LogP contribution < -0.4 is 11.5 Å². The van der Waals surface area contributed by atoms with E-state index in [1.165, 1.54) is 13.0 Å². The minimum absolute atomic E-state index is 0.0537. The summed E-state index contributed by atoms with van der Waals surface area (Å²) in [4.78, 5) is 44.7. The maximum absolute atomic E-state index is 14.9. The predicted octanol–water partition coefficient (Wildman–Crippen LogP) is 4.03. The van der Waals surface area contributed by atoms with Gasteiger partial charge in [-0.05, 0) is 60.1 Å². The number of benzene rings is 1. The predicted molar refractivity (Wildman–Crippen MR) is 203 cm³/mol. The Hall–Kier alpha value is -3.64. The lowest BCUT2D eigenvalue weighted by Gasteiger charge is -2.63. The van der Waals surface area contributed by atoms with E-state index < -0.39 is 75.7 Å². The number of hydrogen-bond donors (Lipinski definition) is 7. The van der Waals surface area contributed by atoms with E-state index in [-0.39, 0.29) is 54.8 Å². The summed E-state index contributed by atoms with van der Waals surface area (Å²) in [6.07, 6.45) is 1.61. The third kappa shape index (κ3) is 6.72. The minimum Gasteiger partial charge on any atom is -0.478 e. The quantitative estimate of drug-likeness (QED) is 0.0984. The number of aliphatic hydroxyl groups is 4. The molecule has 0 heterocycles. The van der Waals surface area contributed by atoms with E-state index in [0.29, 0.717) is 24.0 Å². The zero-order valence-corrected chi connectivity index (χ0v) is 32.1. The molecule has 53 heavy (non-hydrogen) atoms. The maximum atomic E-state index is 14.9. The van der Waals surface area contributed by atoms with Crippen LogP contribution in [0.25, 0.3) is 6.08 Å². The van der Waals surface area contributed by atoms with Crippen molar-refractivity contribution in [1.82, 2.24) is 0 Å². The second-order valence-corrected chi connectivity index (χ2v) is 17.5. The molecule has 5 rings (SSSR count). The van der Waals surface area contributed by atoms with Gasteiger partial charge in [0.25, 0.3) is 0 Å². The second-order valence-electron chi connectivity index (χ2n) is 17.5. The third-order valence-electron chi connectivity index (χ3n) is 14.2. The summed E-state index contributed by atoms with van der Waals surface area (Å²) in [5.74, 6) is -3.99. The van der Waals surface area contributed by atoms with Crippen molar-refractivity contribution in [2.75, 3.05) is 6.54 Å². The van der Waals surface area contributed by atoms with E-state index in [1.807, 2.05) is 77.1 Å². The molecule has 1 aromatic rings. The smallest absolute Gasteiger partial charge is 0.331 e. The van der Waals surface area contributed by atoms with E-state index in [0.717, 1.165) is 5.56 Å². The van der Waals surface area contributed by atoms with Crippen LogP contribution in [0.2, 0.25) is 0 Å². The molecule has 0 unspecified atom stereocenters. The lowest BCUT2D eigenvalue weighted by atomic mass is 9.40. The molecule has 0 amide bonds. The number of guanidine groups is 1. The number of carbonyl (C=O) groups is 3. The number of aliphatic hydroxyl groups excluding tert-OH is 4. The highest BCUT2D eigenvalue weighted by Gasteiger charge is 2.71. The molecule has 4 aliphatic carbocycles. The number of fused-ring (bicyclic) bond motifs is 4. The number of ketones is 2. The fourth-order valence-electron chi connectivity index (χ4n) is 11.4. The van der Waals surface area contributed by atoms with Gasteiger partial charge in [0.1, 0.15) is 5.78 Å². The zero-order valence-electron chi connectivity index (χ0n) is 32.1. The number of carboxylic acids is 1. The molecule has 2 saturated carbocycles. The number of nitrogens with two attached hydrogens (primary N) is 2. The lowest BCUT2D eigenvalue weighted by Crippen LogP contribution is -2.63. The molecule has 4 aliphatic rings. The van der Waals surface area contributed by atoms with Gasteiger partial charge in [0.15, 0.2) is 11.7 Å². The Morgan fingerprint density at radius 3 is 2.26 bits per heavy atom. The summed E-state index contributed by atoms with van der Waals surface area (Å²) in [7, 11) is 0. The number of allylic oxidation sites excluding steroid dienone is 1. The molecule has 0 aromatic heterocycles. The first-order chi connectivity index (χ1) is 24.6. The molecule has 12 atom stereocenters. The van der Waals surface area contributed by atoms with Gasteiger partial charge in [-0.15, -0.1) is 0 Å². The van der Waals surface area contributed by atoms with Crippen molar-refractivity contribution < 1.29 is 39.9 Å². The molecule has 11 nitrogen and oxygen atoms in total. The zero-order chi connectivity index (χ0) is 39.4. The van der Waals surface area contributed by atoms with Gasteiger partial charge < -0.3 is 37.0 Å². The fourth-order valence-corrected chi connectivity index (χ4v) is 11.4. The van der Waals surface area contributed by atoms with Gasteiger partial charge in [0, 0.05) is 65.0 Å². The Kier molecular flexibility index (Phi) is 11.1. The highest BCUT2D eigenvalue weighted by atomic mass is 16.4. The average molecular weight is 734 g/mol. The Bertz CT molecular complexity index is 1730. The summed E-state index contributed by atoms with van der Waals surface area (Å²) >= 11 is 0. The normalized spacial score (nSPS) is 36.3. The van der Waals surface area contributed by atoms with Gasteiger partial charge in [-0.3, -0.25) is 14.6 Å². The van der Waals surface area contributed by atoms with Crippen LogP contribution >= 0.6 is 0 Å². The van der Waals surface area contributed by atoms with E-state index in [1.54, 1.807) is 0 Å². The van der Waals surface area contributed by atoms with Crippen LogP contribution in [0.3, 0.4) is 0 Å². The van der Waals surface area contributed by atoms with E-state index >= 15 is 0 Å². The van der Waals surface area contributed by atoms with Crippen LogP contribution in [0.5, 0.6) is 0 Å². The molecular weight excluding hydrogens is 674 g/mol. The van der Waals surface area contributed by atoms with Gasteiger partial charge in [0.2, 0.25) is 0 Å². The van der Waals surface area contributed by atoms with Crippen LogP contribution in [-0.4, -0.2) is 80.0 Å². The van der Waals surface area contributed by atoms with Gasteiger partial charge in [0.05, 0.1) is 24.4 Å². The molecule has 0 saturated heterocycles. The fraction of sp³-hybridized carbons (Fsp3) is 0.619. The van der Waals surface area contributed by atoms with Gasteiger partial charge in [-0.25, -0.2) is 4.79 Å². The lowest BCUT2D eigenvalue weighted by molar-refractivity contribution is -0.151. The Morgan fingerprint density at radius 2 is 1.68 bits per heavy atom. The number of hydrogen-bond acceptors (Lipinski definition) is 8. The summed E-state index contributed by atoms with van der Waals surface area (Å²) in [5, 5.41) is 56.4. The SMILES string of the molecule is C[C@H]([C@@H](CN=C(N)N)[C@H](O)C=C(C[C@H](C)O)C(=O)O)[C@@H]1C[C@H](O)[C@]2(C)C3=C(C(=O)C[C@]12C)[C@@]1(C)CCC(=O)C(C)(C)[C@@H]1[C@@H](C=Cc1ccccc1)[C@H]3O. The molecule has 0 spiro atoms. The first kappa shape index (κ1) is 40.5. The molecule has 1 aromatic carbocycles. The molecular formula is C42H59N3O8. The van der Waals surface area contributed by atoms with Crippen molar-refractivity contribution in [2.24, 2.45) is 67.7 Å². The van der Waals surface area contributed by atoms with E-state index in [9.17, 15) is 39.9 Å². The monoisotopic (exact) mass is 733 g/mol. The highest BCUT2D eigenvalue weighted by Crippen LogP contribution is 2.72. The third-order valence-corrected chi connectivity index (χ3v) is 14.2. The van der Waals surface area contributed by atoms with Crippen molar-refractivity contribution in [1.29, 1.82) is 0 Å². The summed E-state index contributed by atoms with van der Waals surface area (Å²) in [6.45, 7) is 13.1. The molecule has 2 fully saturated rings. The first-order valence-electron chi connectivity index (χ1n) is 18.9. The standard InChI is InChI=1S/C42H59N3O8/c1-22(46)17-25(37(52)53)18-29(47)27(21-45-38(43)44)23(2)28-19-32(50)42(7)34-33(30(48)20-41(28,42)6)40(5)16-15-31(49)39(3,4)36(40)26(35(34)51)14-13-24-11-9-8-10-12-24/h8-14,18,22-23,26-29,32,35-36,46-47,50-51H,15-17,19-21H2,1-7H3,(H,52,53)(H4,43,44,45)/t22-,23+,26-,27+,28-,29+,32-,35+,36-,40+,41+,42+/m0/s1. The van der Waals surface area contributed by atoms with Crippen LogP contribution in [0.15, 0.2) is 64.2 Å². The average Bonchev–Trinajstić information content (AvgIpc) is 3.27. The summed E-state index contributed by atoms with van der Waals surface area (Å²) in [5.41, 5.74) is 9.72. The van der Waals surface area contributed by atoms with Gasteiger partial charge in [-0.2, -0.15) is 0 Å². The number of rotatable bonds is 11. The minimum atomic E-state index is -1.34. The van der Waals surface area contributed by atoms with Crippen molar-refractivity contribution in [3.05, 3.63) is 64.8 Å². The van der Waals surface area contributed by atoms with Gasteiger partial charge >= 0.3 is 5.97 Å². The van der Waals surface area contributed by atoms with Gasteiger partial charge in [-0.1, -0.05) is 84.0 Å². The second kappa shape index (κ2) is 14.5. The largest absolute Gasteiger partial charge is 0.478 e. The Labute approximate surface area is 313 Å². The summed E-state index contributed by atoms with van der Waals surface area (Å²) < 4.78 is 0. The molecule has 0 aliphatic heterocycles. The van der Waals surface area contributed by atoms with E-state index in [4.69, 9.17) is 11.5 Å². The number of aliphatic carboxylic acids is 1. The molecule has 0 bridgehead atoms. The van der Waals surface area contributed by atoms with Crippen molar-refractivity contribution in [3.8, 4) is 0 Å². The topological polar surface area (TPSA) is 217 Å². The van der Waals surface area contributed by atoms with E-state index in [2.05, 4.69) is 11.9 Å². The van der Waals surface area contributed by atoms with Crippen LogP contribution in [0.4, 0.5) is 0 Å². The maximum Gasteiger partial charge on any atom is 0.331 e.